The van der Waals surface area contributed by atoms with Crippen LogP contribution >= 0.6 is 11.6 Å². The van der Waals surface area contributed by atoms with E-state index in [1.165, 1.54) is 19.3 Å². The number of hydrogen-bond donors (Lipinski definition) is 1. The summed E-state index contributed by atoms with van der Waals surface area (Å²) >= 11 is 6.42. The Morgan fingerprint density at radius 3 is 2.67 bits per heavy atom. The Hall–Kier alpha value is -1.48. The molecule has 1 aromatic heterocycles. The van der Waals surface area contributed by atoms with Crippen LogP contribution in [-0.4, -0.2) is 15.6 Å². The van der Waals surface area contributed by atoms with Crippen molar-refractivity contribution in [2.24, 2.45) is 11.8 Å². The zero-order valence-corrected chi connectivity index (χ0v) is 13.3. The summed E-state index contributed by atoms with van der Waals surface area (Å²) in [6.45, 7) is 4.68. The molecule has 1 aliphatic rings. The highest BCUT2D eigenvalue weighted by molar-refractivity contribution is 6.33. The van der Waals surface area contributed by atoms with Gasteiger partial charge in [0.2, 0.25) is 0 Å². The molecule has 0 aliphatic heterocycles. The lowest BCUT2D eigenvalue weighted by molar-refractivity contribution is 0.268. The van der Waals surface area contributed by atoms with Gasteiger partial charge in [-0.2, -0.15) is 0 Å². The normalized spacial score (nSPS) is 25.8. The standard InChI is InChI=1S/C17H22ClN3/c1-12-5-3-6-13(2)16(12)20-15-8-4-7-14(18)17(15)21-10-9-19-11-21/h4,7-13,16,20H,3,5-6H2,1-2H3. The SMILES string of the molecule is CC1CCCC(C)C1Nc1cccc(Cl)c1-n1ccnc1. The predicted octanol–water partition coefficient (Wildman–Crippen LogP) is 4.76. The van der Waals surface area contributed by atoms with E-state index < -0.39 is 0 Å². The first-order chi connectivity index (χ1) is 10.2. The van der Waals surface area contributed by atoms with Crippen LogP contribution < -0.4 is 5.32 Å². The highest BCUT2D eigenvalue weighted by atomic mass is 35.5. The highest BCUT2D eigenvalue weighted by Crippen LogP contribution is 2.35. The molecule has 0 bridgehead atoms. The largest absolute Gasteiger partial charge is 0.380 e. The van der Waals surface area contributed by atoms with Crippen molar-refractivity contribution in [3.05, 3.63) is 41.9 Å². The molecule has 4 heteroatoms. The molecule has 1 saturated carbocycles. The van der Waals surface area contributed by atoms with Crippen molar-refractivity contribution in [3.8, 4) is 5.69 Å². The van der Waals surface area contributed by atoms with Gasteiger partial charge in [0, 0.05) is 18.4 Å². The average molecular weight is 304 g/mol. The quantitative estimate of drug-likeness (QED) is 0.885. The highest BCUT2D eigenvalue weighted by Gasteiger charge is 2.28. The summed E-state index contributed by atoms with van der Waals surface area (Å²) < 4.78 is 1.98. The molecule has 0 saturated heterocycles. The van der Waals surface area contributed by atoms with Crippen LogP contribution in [0.5, 0.6) is 0 Å². The number of rotatable bonds is 3. The van der Waals surface area contributed by atoms with Gasteiger partial charge in [0.25, 0.3) is 0 Å². The smallest absolute Gasteiger partial charge is 0.0992 e. The number of aromatic nitrogens is 2. The van der Waals surface area contributed by atoms with E-state index >= 15 is 0 Å². The van der Waals surface area contributed by atoms with Crippen LogP contribution in [0.15, 0.2) is 36.9 Å². The van der Waals surface area contributed by atoms with Crippen molar-refractivity contribution in [2.45, 2.75) is 39.2 Å². The summed E-state index contributed by atoms with van der Waals surface area (Å²) in [5.41, 5.74) is 2.08. The van der Waals surface area contributed by atoms with Gasteiger partial charge in [-0.25, -0.2) is 4.98 Å². The summed E-state index contributed by atoms with van der Waals surface area (Å²) in [4.78, 5) is 4.13. The lowest BCUT2D eigenvalue weighted by Gasteiger charge is -2.36. The van der Waals surface area contributed by atoms with Crippen molar-refractivity contribution in [2.75, 3.05) is 5.32 Å². The van der Waals surface area contributed by atoms with Crippen molar-refractivity contribution in [1.29, 1.82) is 0 Å². The Bertz CT molecular complexity index is 584. The molecule has 0 spiro atoms. The molecule has 3 rings (SSSR count). The maximum absolute atomic E-state index is 6.42. The van der Waals surface area contributed by atoms with E-state index in [1.54, 1.807) is 12.5 Å². The van der Waals surface area contributed by atoms with Gasteiger partial charge >= 0.3 is 0 Å². The van der Waals surface area contributed by atoms with Crippen LogP contribution in [0, 0.1) is 11.8 Å². The number of nitrogens with zero attached hydrogens (tertiary/aromatic N) is 2. The van der Waals surface area contributed by atoms with Crippen LogP contribution in [0.25, 0.3) is 5.69 Å². The van der Waals surface area contributed by atoms with Crippen LogP contribution in [0.2, 0.25) is 5.02 Å². The van der Waals surface area contributed by atoms with E-state index in [-0.39, 0.29) is 0 Å². The predicted molar refractivity (Wildman–Crippen MR) is 88.2 cm³/mol. The zero-order valence-electron chi connectivity index (χ0n) is 12.6. The fourth-order valence-corrected chi connectivity index (χ4v) is 3.70. The molecule has 2 aromatic rings. The number of halogens is 1. The number of imidazole rings is 1. The molecule has 1 aliphatic carbocycles. The molecule has 3 nitrogen and oxygen atoms in total. The van der Waals surface area contributed by atoms with Gasteiger partial charge in [-0.3, -0.25) is 0 Å². The molecule has 1 aromatic carbocycles. The Morgan fingerprint density at radius 1 is 1.24 bits per heavy atom. The molecule has 1 N–H and O–H groups in total. The summed E-state index contributed by atoms with van der Waals surface area (Å²) in [6, 6.07) is 6.54. The second kappa shape index (κ2) is 6.10. The number of hydrogen-bond acceptors (Lipinski definition) is 2. The minimum Gasteiger partial charge on any atom is -0.380 e. The fraction of sp³-hybridized carbons (Fsp3) is 0.471. The fourth-order valence-electron chi connectivity index (χ4n) is 3.43. The molecular weight excluding hydrogens is 282 g/mol. The third kappa shape index (κ3) is 2.93. The van der Waals surface area contributed by atoms with Gasteiger partial charge in [0.1, 0.15) is 0 Å². The second-order valence-corrected chi connectivity index (χ2v) is 6.57. The van der Waals surface area contributed by atoms with E-state index in [1.807, 2.05) is 22.9 Å². The number of para-hydroxylation sites is 1. The van der Waals surface area contributed by atoms with Gasteiger partial charge in [-0.05, 0) is 36.8 Å². The molecule has 1 fully saturated rings. The van der Waals surface area contributed by atoms with Gasteiger partial charge < -0.3 is 9.88 Å². The summed E-state index contributed by atoms with van der Waals surface area (Å²) in [5.74, 6) is 1.37. The molecule has 21 heavy (non-hydrogen) atoms. The molecule has 112 valence electrons. The van der Waals surface area contributed by atoms with Gasteiger partial charge in [0.05, 0.1) is 22.7 Å². The van der Waals surface area contributed by atoms with Gasteiger partial charge in [0.15, 0.2) is 0 Å². The molecule has 0 radical (unpaired) electrons. The Balaban J connectivity index is 1.94. The first kappa shape index (κ1) is 14.5. The van der Waals surface area contributed by atoms with E-state index in [0.717, 1.165) is 16.4 Å². The van der Waals surface area contributed by atoms with Crippen LogP contribution in [0.4, 0.5) is 5.69 Å². The number of anilines is 1. The average Bonchev–Trinajstić information content (AvgIpc) is 2.97. The van der Waals surface area contributed by atoms with Crippen LogP contribution in [-0.2, 0) is 0 Å². The molecule has 1 heterocycles. The Labute approximate surface area is 131 Å². The first-order valence-electron chi connectivity index (χ1n) is 7.70. The van der Waals surface area contributed by atoms with Gasteiger partial charge in [-0.15, -0.1) is 0 Å². The van der Waals surface area contributed by atoms with Crippen molar-refractivity contribution >= 4 is 17.3 Å². The zero-order chi connectivity index (χ0) is 14.8. The monoisotopic (exact) mass is 303 g/mol. The van der Waals surface area contributed by atoms with Crippen LogP contribution in [0.3, 0.4) is 0 Å². The molecule has 2 atom stereocenters. The minimum absolute atomic E-state index is 0.500. The third-order valence-corrected chi connectivity index (χ3v) is 4.92. The second-order valence-electron chi connectivity index (χ2n) is 6.16. The molecular formula is C17H22ClN3. The van der Waals surface area contributed by atoms with Crippen molar-refractivity contribution in [1.82, 2.24) is 9.55 Å². The third-order valence-electron chi connectivity index (χ3n) is 4.62. The van der Waals surface area contributed by atoms with Crippen molar-refractivity contribution < 1.29 is 0 Å². The summed E-state index contributed by atoms with van der Waals surface area (Å²) in [6.07, 6.45) is 9.43. The number of nitrogens with one attached hydrogen (secondary N) is 1. The minimum atomic E-state index is 0.500. The summed E-state index contributed by atoms with van der Waals surface area (Å²) in [7, 11) is 0. The first-order valence-corrected chi connectivity index (χ1v) is 8.08. The molecule has 2 unspecified atom stereocenters. The van der Waals surface area contributed by atoms with E-state index in [4.69, 9.17) is 11.6 Å². The van der Waals surface area contributed by atoms with Crippen molar-refractivity contribution in [3.63, 3.8) is 0 Å². The topological polar surface area (TPSA) is 29.9 Å². The van der Waals surface area contributed by atoms with E-state index in [2.05, 4.69) is 30.2 Å². The lowest BCUT2D eigenvalue weighted by Crippen LogP contribution is -2.37. The number of benzene rings is 1. The van der Waals surface area contributed by atoms with Gasteiger partial charge in [-0.1, -0.05) is 37.9 Å². The molecule has 0 amide bonds. The lowest BCUT2D eigenvalue weighted by atomic mass is 9.78. The Morgan fingerprint density at radius 2 is 2.00 bits per heavy atom. The van der Waals surface area contributed by atoms with Crippen LogP contribution in [0.1, 0.15) is 33.1 Å². The maximum Gasteiger partial charge on any atom is 0.0992 e. The Kier molecular flexibility index (Phi) is 4.20. The maximum atomic E-state index is 6.42. The summed E-state index contributed by atoms with van der Waals surface area (Å²) in [5, 5.41) is 4.49. The van der Waals surface area contributed by atoms with E-state index in [9.17, 15) is 0 Å². The van der Waals surface area contributed by atoms with E-state index in [0.29, 0.717) is 17.9 Å².